The predicted molar refractivity (Wildman–Crippen MR) is 107 cm³/mol. The van der Waals surface area contributed by atoms with Crippen molar-refractivity contribution < 1.29 is 14.6 Å². The van der Waals surface area contributed by atoms with E-state index in [2.05, 4.69) is 26.2 Å². The van der Waals surface area contributed by atoms with Crippen LogP contribution in [0.4, 0.5) is 5.82 Å². The minimum absolute atomic E-state index is 0.140. The third-order valence-corrected chi connectivity index (χ3v) is 4.62. The largest absolute Gasteiger partial charge is 0.493 e. The number of hydrogen-bond donors (Lipinski definition) is 2. The van der Waals surface area contributed by atoms with Crippen LogP contribution >= 0.6 is 15.9 Å². The highest BCUT2D eigenvalue weighted by molar-refractivity contribution is 9.10. The molecule has 1 aromatic carbocycles. The van der Waals surface area contributed by atoms with Gasteiger partial charge in [0.05, 0.1) is 13.0 Å². The van der Waals surface area contributed by atoms with Crippen LogP contribution in [0.3, 0.4) is 0 Å². The molecular formula is C20H25BrN2O3. The van der Waals surface area contributed by atoms with Gasteiger partial charge in [-0.25, -0.2) is 4.98 Å². The van der Waals surface area contributed by atoms with Gasteiger partial charge in [0.1, 0.15) is 11.6 Å². The number of carboxylic acids is 1. The number of benzene rings is 1. The number of hydrogen-bond acceptors (Lipinski definition) is 4. The van der Waals surface area contributed by atoms with Crippen LogP contribution in [0.15, 0.2) is 47.1 Å². The molecule has 0 fully saturated rings. The van der Waals surface area contributed by atoms with E-state index < -0.39 is 5.97 Å². The van der Waals surface area contributed by atoms with Crippen LogP contribution in [0, 0.1) is 5.41 Å². The fourth-order valence-electron chi connectivity index (χ4n) is 2.69. The molecule has 0 amide bonds. The van der Waals surface area contributed by atoms with Crippen molar-refractivity contribution >= 4 is 27.7 Å². The summed E-state index contributed by atoms with van der Waals surface area (Å²) >= 11 is 3.57. The lowest BCUT2D eigenvalue weighted by atomic mass is 9.83. The van der Waals surface area contributed by atoms with Gasteiger partial charge in [-0.3, -0.25) is 4.79 Å². The predicted octanol–water partition coefficient (Wildman–Crippen LogP) is 4.77. The van der Waals surface area contributed by atoms with E-state index in [1.165, 1.54) is 0 Å². The molecule has 0 aliphatic rings. The second kappa shape index (κ2) is 9.57. The lowest BCUT2D eigenvalue weighted by Gasteiger charge is -2.23. The minimum Gasteiger partial charge on any atom is -0.493 e. The smallest absolute Gasteiger partial charge is 0.303 e. The first-order valence-electron chi connectivity index (χ1n) is 8.64. The number of ether oxygens (including phenoxy) is 1. The zero-order chi connectivity index (χ0) is 19.0. The number of rotatable bonds is 10. The van der Waals surface area contributed by atoms with E-state index in [-0.39, 0.29) is 11.8 Å². The van der Waals surface area contributed by atoms with Gasteiger partial charge >= 0.3 is 5.97 Å². The van der Waals surface area contributed by atoms with Crippen molar-refractivity contribution in [3.8, 4) is 5.75 Å². The number of aliphatic carboxylic acids is 1. The van der Waals surface area contributed by atoms with Crippen molar-refractivity contribution in [2.24, 2.45) is 5.41 Å². The lowest BCUT2D eigenvalue weighted by molar-refractivity contribution is -0.139. The Morgan fingerprint density at radius 3 is 2.77 bits per heavy atom. The molecule has 0 radical (unpaired) electrons. The Hall–Kier alpha value is -2.08. The Kier molecular flexibility index (Phi) is 7.45. The monoisotopic (exact) mass is 420 g/mol. The van der Waals surface area contributed by atoms with Crippen molar-refractivity contribution in [1.82, 2.24) is 4.98 Å². The van der Waals surface area contributed by atoms with E-state index in [0.717, 1.165) is 34.6 Å². The molecule has 2 aromatic rings. The lowest BCUT2D eigenvalue weighted by Crippen LogP contribution is -2.19. The van der Waals surface area contributed by atoms with Crippen molar-refractivity contribution in [1.29, 1.82) is 0 Å². The van der Waals surface area contributed by atoms with Crippen molar-refractivity contribution in [3.63, 3.8) is 0 Å². The van der Waals surface area contributed by atoms with E-state index in [0.29, 0.717) is 13.0 Å². The van der Waals surface area contributed by atoms with Crippen LogP contribution in [-0.2, 0) is 11.2 Å². The zero-order valence-electron chi connectivity index (χ0n) is 15.2. The zero-order valence-corrected chi connectivity index (χ0v) is 16.8. The van der Waals surface area contributed by atoms with E-state index in [1.54, 1.807) is 6.20 Å². The van der Waals surface area contributed by atoms with Gasteiger partial charge in [-0.15, -0.1) is 0 Å². The van der Waals surface area contributed by atoms with Crippen LogP contribution in [-0.4, -0.2) is 29.2 Å². The second-order valence-corrected chi connectivity index (χ2v) is 7.86. The molecule has 0 spiro atoms. The highest BCUT2D eigenvalue weighted by Gasteiger charge is 2.23. The van der Waals surface area contributed by atoms with Gasteiger partial charge in [0.25, 0.3) is 0 Å². The number of halogens is 1. The summed E-state index contributed by atoms with van der Waals surface area (Å²) in [5.74, 6) is 0.892. The first-order chi connectivity index (χ1) is 12.4. The molecule has 2 N–H and O–H groups in total. The molecule has 26 heavy (non-hydrogen) atoms. The maximum absolute atomic E-state index is 11.0. The SMILES string of the molecule is CC(C)(CC(=O)O)Cc1ccc(OCCCNc2ccccn2)cc1Br. The Morgan fingerprint density at radius 2 is 2.12 bits per heavy atom. The summed E-state index contributed by atoms with van der Waals surface area (Å²) in [5, 5.41) is 12.3. The maximum atomic E-state index is 11.0. The first kappa shape index (κ1) is 20.2. The molecule has 0 unspecified atom stereocenters. The quantitative estimate of drug-likeness (QED) is 0.541. The molecule has 1 heterocycles. The van der Waals surface area contributed by atoms with Gasteiger partial charge < -0.3 is 15.2 Å². The number of aromatic nitrogens is 1. The summed E-state index contributed by atoms with van der Waals surface area (Å²) in [5.41, 5.74) is 0.786. The molecular weight excluding hydrogens is 396 g/mol. The highest BCUT2D eigenvalue weighted by Crippen LogP contribution is 2.31. The Morgan fingerprint density at radius 1 is 1.31 bits per heavy atom. The van der Waals surface area contributed by atoms with Crippen LogP contribution < -0.4 is 10.1 Å². The Labute approximate surface area is 162 Å². The average Bonchev–Trinajstić information content (AvgIpc) is 2.56. The Bertz CT molecular complexity index is 720. The minimum atomic E-state index is -0.773. The number of carboxylic acid groups (broad SMARTS) is 1. The summed E-state index contributed by atoms with van der Waals surface area (Å²) in [6.45, 7) is 5.33. The summed E-state index contributed by atoms with van der Waals surface area (Å²) in [6.07, 6.45) is 3.45. The molecule has 1 aromatic heterocycles. The van der Waals surface area contributed by atoms with E-state index in [4.69, 9.17) is 9.84 Å². The van der Waals surface area contributed by atoms with Gasteiger partial charge in [-0.2, -0.15) is 0 Å². The molecule has 140 valence electrons. The number of anilines is 1. The summed E-state index contributed by atoms with van der Waals surface area (Å²) in [6, 6.07) is 11.6. The molecule has 0 aliphatic heterocycles. The highest BCUT2D eigenvalue weighted by atomic mass is 79.9. The number of nitrogens with one attached hydrogen (secondary N) is 1. The van der Waals surface area contributed by atoms with E-state index >= 15 is 0 Å². The number of nitrogens with zero attached hydrogens (tertiary/aromatic N) is 1. The number of pyridine rings is 1. The van der Waals surface area contributed by atoms with Gasteiger partial charge in [0, 0.05) is 17.2 Å². The average molecular weight is 421 g/mol. The molecule has 0 bridgehead atoms. The third kappa shape index (κ3) is 7.04. The summed E-state index contributed by atoms with van der Waals surface area (Å²) < 4.78 is 6.73. The van der Waals surface area contributed by atoms with Crippen molar-refractivity contribution in [3.05, 3.63) is 52.6 Å². The number of carbonyl (C=O) groups is 1. The molecule has 0 atom stereocenters. The topological polar surface area (TPSA) is 71.5 Å². The van der Waals surface area contributed by atoms with Gasteiger partial charge in [-0.05, 0) is 48.1 Å². The molecule has 6 heteroatoms. The van der Waals surface area contributed by atoms with Crippen molar-refractivity contribution in [2.45, 2.75) is 33.1 Å². The van der Waals surface area contributed by atoms with Crippen LogP contribution in [0.25, 0.3) is 0 Å². The normalized spacial score (nSPS) is 11.2. The fourth-order valence-corrected chi connectivity index (χ4v) is 3.19. The van der Waals surface area contributed by atoms with E-state index in [9.17, 15) is 4.79 Å². The molecule has 5 nitrogen and oxygen atoms in total. The van der Waals surface area contributed by atoms with Crippen LogP contribution in [0.1, 0.15) is 32.3 Å². The first-order valence-corrected chi connectivity index (χ1v) is 9.43. The maximum Gasteiger partial charge on any atom is 0.303 e. The van der Waals surface area contributed by atoms with Gasteiger partial charge in [0.2, 0.25) is 0 Å². The van der Waals surface area contributed by atoms with E-state index in [1.807, 2.05) is 50.2 Å². The molecule has 0 aliphatic carbocycles. The summed E-state index contributed by atoms with van der Waals surface area (Å²) in [7, 11) is 0. The van der Waals surface area contributed by atoms with Gasteiger partial charge in [-0.1, -0.05) is 41.9 Å². The second-order valence-electron chi connectivity index (χ2n) is 7.01. The third-order valence-electron chi connectivity index (χ3n) is 3.88. The molecule has 0 saturated heterocycles. The molecule has 0 saturated carbocycles. The molecule has 2 rings (SSSR count). The van der Waals surface area contributed by atoms with Crippen molar-refractivity contribution in [2.75, 3.05) is 18.5 Å². The standard InChI is InChI=1S/C20H25BrN2O3/c1-20(2,14-19(24)25)13-15-7-8-16(12-17(15)21)26-11-5-10-23-18-6-3-4-9-22-18/h3-4,6-9,12H,5,10-11,13-14H2,1-2H3,(H,22,23)(H,24,25). The van der Waals surface area contributed by atoms with Crippen LogP contribution in [0.2, 0.25) is 0 Å². The fraction of sp³-hybridized carbons (Fsp3) is 0.400. The summed E-state index contributed by atoms with van der Waals surface area (Å²) in [4.78, 5) is 15.2. The van der Waals surface area contributed by atoms with Crippen LogP contribution in [0.5, 0.6) is 5.75 Å². The van der Waals surface area contributed by atoms with Gasteiger partial charge in [0.15, 0.2) is 0 Å². The Balaban J connectivity index is 1.78.